The molecule has 0 fully saturated rings. The first-order valence-electron chi connectivity index (χ1n) is 1.74. The van der Waals surface area contributed by atoms with Crippen molar-refractivity contribution in [3.05, 3.63) is 0 Å². The molecule has 0 aromatic heterocycles. The molecule has 2 nitrogen and oxygen atoms in total. The summed E-state index contributed by atoms with van der Waals surface area (Å²) in [6.45, 7) is 0.225. The standard InChI is InChI=1S/C3H6O2S2.K.H/c4-1-2-5-3(6)7;;/h4H,1-2H2,(H,6,7);;. The van der Waals surface area contributed by atoms with Crippen molar-refractivity contribution in [3.8, 4) is 0 Å². The van der Waals surface area contributed by atoms with Crippen LogP contribution in [0, 0.1) is 0 Å². The molecule has 0 unspecified atom stereocenters. The van der Waals surface area contributed by atoms with Gasteiger partial charge in [0.05, 0.1) is 6.61 Å². The van der Waals surface area contributed by atoms with Crippen LogP contribution in [-0.2, 0) is 4.74 Å². The number of aliphatic hydroxyl groups is 1. The zero-order valence-electron chi connectivity index (χ0n) is 3.63. The van der Waals surface area contributed by atoms with Crippen LogP contribution in [0.25, 0.3) is 0 Å². The Bertz CT molecular complexity index is 68.3. The fraction of sp³-hybridized carbons (Fsp3) is 0.667. The van der Waals surface area contributed by atoms with E-state index in [4.69, 9.17) is 5.11 Å². The van der Waals surface area contributed by atoms with Gasteiger partial charge in [0.15, 0.2) is 0 Å². The Kier molecular flexibility index (Phi) is 13.8. The van der Waals surface area contributed by atoms with Crippen molar-refractivity contribution in [2.75, 3.05) is 13.2 Å². The summed E-state index contributed by atoms with van der Waals surface area (Å²) in [5, 5.41) is 8.10. The molecule has 1 N–H and O–H groups in total. The third-order valence-corrected chi connectivity index (χ3v) is 0.564. The van der Waals surface area contributed by atoms with Crippen LogP contribution in [0.15, 0.2) is 0 Å². The van der Waals surface area contributed by atoms with Gasteiger partial charge in [0.2, 0.25) is 4.38 Å². The Balaban J connectivity index is 0. The van der Waals surface area contributed by atoms with Crippen molar-refractivity contribution in [1.29, 1.82) is 0 Å². The van der Waals surface area contributed by atoms with Crippen molar-refractivity contribution in [2.45, 2.75) is 0 Å². The number of thiocarbonyl (C=S) groups is 1. The Hall–Kier alpha value is 1.84. The molecule has 0 bridgehead atoms. The first-order chi connectivity index (χ1) is 3.27. The molecule has 0 aromatic carbocycles. The van der Waals surface area contributed by atoms with Gasteiger partial charge in [-0.05, 0) is 12.2 Å². The van der Waals surface area contributed by atoms with Gasteiger partial charge >= 0.3 is 51.4 Å². The molecule has 0 atom stereocenters. The van der Waals surface area contributed by atoms with E-state index in [1.807, 2.05) is 0 Å². The molecular weight excluding hydrogens is 171 g/mol. The topological polar surface area (TPSA) is 29.5 Å². The zero-order valence-corrected chi connectivity index (χ0v) is 5.34. The molecule has 0 spiro atoms. The summed E-state index contributed by atoms with van der Waals surface area (Å²) in [6, 6.07) is 0. The van der Waals surface area contributed by atoms with Gasteiger partial charge < -0.3 is 9.84 Å². The van der Waals surface area contributed by atoms with Crippen LogP contribution in [0.1, 0.15) is 0 Å². The third kappa shape index (κ3) is 10.8. The molecule has 0 aromatic rings. The maximum absolute atomic E-state index is 8.10. The summed E-state index contributed by atoms with van der Waals surface area (Å²) >= 11 is 8.02. The van der Waals surface area contributed by atoms with E-state index in [9.17, 15) is 0 Å². The van der Waals surface area contributed by atoms with E-state index in [2.05, 4.69) is 29.6 Å². The van der Waals surface area contributed by atoms with Crippen LogP contribution >= 0.6 is 24.8 Å². The Labute approximate surface area is 102 Å². The van der Waals surface area contributed by atoms with Crippen molar-refractivity contribution in [3.63, 3.8) is 0 Å². The van der Waals surface area contributed by atoms with Crippen LogP contribution < -0.4 is 0 Å². The van der Waals surface area contributed by atoms with E-state index in [0.29, 0.717) is 0 Å². The second kappa shape index (κ2) is 8.84. The molecule has 0 amide bonds. The fourth-order valence-electron chi connectivity index (χ4n) is 0.133. The van der Waals surface area contributed by atoms with Crippen LogP contribution in [0.3, 0.4) is 0 Å². The maximum atomic E-state index is 8.10. The molecule has 8 heavy (non-hydrogen) atoms. The van der Waals surface area contributed by atoms with Gasteiger partial charge in [-0.3, -0.25) is 0 Å². The van der Waals surface area contributed by atoms with E-state index in [0.717, 1.165) is 0 Å². The summed E-state index contributed by atoms with van der Waals surface area (Å²) < 4.78 is 4.71. The van der Waals surface area contributed by atoms with Gasteiger partial charge in [-0.25, -0.2) is 0 Å². The molecule has 0 rings (SSSR count). The number of thiol groups is 1. The number of hydrogen-bond donors (Lipinski definition) is 2. The van der Waals surface area contributed by atoms with E-state index in [1.54, 1.807) is 0 Å². The summed E-state index contributed by atoms with van der Waals surface area (Å²) in [7, 11) is 0. The summed E-state index contributed by atoms with van der Waals surface area (Å²) in [6.07, 6.45) is 0. The molecule has 0 heterocycles. The van der Waals surface area contributed by atoms with Crippen molar-refractivity contribution in [2.24, 2.45) is 0 Å². The molecular formula is C3H7KO2S2. The Morgan fingerprint density at radius 3 is 2.38 bits per heavy atom. The van der Waals surface area contributed by atoms with Crippen molar-refractivity contribution >= 4 is 80.6 Å². The minimum atomic E-state index is -0.0132. The number of ether oxygens (including phenoxy) is 1. The molecule has 0 aliphatic carbocycles. The van der Waals surface area contributed by atoms with Crippen LogP contribution in [0.2, 0.25) is 0 Å². The molecule has 0 radical (unpaired) electrons. The second-order valence-corrected chi connectivity index (χ2v) is 1.92. The van der Waals surface area contributed by atoms with E-state index in [1.165, 1.54) is 0 Å². The molecule has 0 aliphatic heterocycles. The van der Waals surface area contributed by atoms with Gasteiger partial charge in [0, 0.05) is 0 Å². The van der Waals surface area contributed by atoms with Gasteiger partial charge in [0.1, 0.15) is 6.61 Å². The van der Waals surface area contributed by atoms with Gasteiger partial charge in [-0.1, -0.05) is 12.6 Å². The fourth-order valence-corrected chi connectivity index (χ4v) is 0.308. The minimum absolute atomic E-state index is 0. The third-order valence-electron chi connectivity index (χ3n) is 0.317. The van der Waals surface area contributed by atoms with Gasteiger partial charge in [-0.2, -0.15) is 0 Å². The normalized spacial score (nSPS) is 7.25. The summed E-state index contributed by atoms with van der Waals surface area (Å²) in [5.74, 6) is 0. The van der Waals surface area contributed by atoms with Crippen LogP contribution in [0.5, 0.6) is 0 Å². The molecule has 0 saturated carbocycles. The molecule has 5 heteroatoms. The zero-order chi connectivity index (χ0) is 5.70. The van der Waals surface area contributed by atoms with Crippen LogP contribution in [0.4, 0.5) is 0 Å². The average molecular weight is 178 g/mol. The number of hydrogen-bond acceptors (Lipinski definition) is 3. The predicted molar refractivity (Wildman–Crippen MR) is 41.8 cm³/mol. The van der Waals surface area contributed by atoms with E-state index >= 15 is 0 Å². The number of rotatable bonds is 2. The van der Waals surface area contributed by atoms with Gasteiger partial charge in [0.25, 0.3) is 0 Å². The molecule has 0 aliphatic rings. The van der Waals surface area contributed by atoms with Gasteiger partial charge in [-0.15, -0.1) is 0 Å². The predicted octanol–water partition coefficient (Wildman–Crippen LogP) is -0.439. The van der Waals surface area contributed by atoms with E-state index < -0.39 is 0 Å². The quantitative estimate of drug-likeness (QED) is 0.341. The second-order valence-electron chi connectivity index (χ2n) is 0.838. The Morgan fingerprint density at radius 1 is 1.75 bits per heavy atom. The van der Waals surface area contributed by atoms with Crippen molar-refractivity contribution < 1.29 is 9.84 Å². The van der Waals surface area contributed by atoms with Crippen LogP contribution in [-0.4, -0.2) is 74.1 Å². The summed E-state index contributed by atoms with van der Waals surface area (Å²) in [5.41, 5.74) is 0. The summed E-state index contributed by atoms with van der Waals surface area (Å²) in [4.78, 5) is 0. The van der Waals surface area contributed by atoms with E-state index in [-0.39, 0.29) is 69.0 Å². The average Bonchev–Trinajstić information content (AvgIpc) is 1.61. The monoisotopic (exact) mass is 178 g/mol. The first-order valence-corrected chi connectivity index (χ1v) is 2.59. The number of aliphatic hydroxyl groups excluding tert-OH is 1. The SMILES string of the molecule is OCCOC(=S)S.[KH]. The van der Waals surface area contributed by atoms with Crippen molar-refractivity contribution in [1.82, 2.24) is 0 Å². The first kappa shape index (κ1) is 12.5. The molecule has 44 valence electrons. The molecule has 0 saturated heterocycles. The Morgan fingerprint density at radius 2 is 2.25 bits per heavy atom.